The van der Waals surface area contributed by atoms with Crippen LogP contribution in [0.1, 0.15) is 86.1 Å². The normalized spacial score (nSPS) is 18.1. The highest BCUT2D eigenvalue weighted by Gasteiger charge is 2.37. The van der Waals surface area contributed by atoms with Crippen molar-refractivity contribution in [1.82, 2.24) is 9.97 Å². The van der Waals surface area contributed by atoms with Crippen molar-refractivity contribution in [1.29, 1.82) is 0 Å². The lowest BCUT2D eigenvalue weighted by atomic mass is 9.77. The first kappa shape index (κ1) is 30.9. The predicted octanol–water partition coefficient (Wildman–Crippen LogP) is 6.74. The summed E-state index contributed by atoms with van der Waals surface area (Å²) in [5.74, 6) is -0.409. The Balaban J connectivity index is 1.84. The number of nitrogens with zero attached hydrogens (tertiary/aromatic N) is 3. The van der Waals surface area contributed by atoms with Crippen molar-refractivity contribution in [2.45, 2.75) is 90.8 Å². The third kappa shape index (κ3) is 7.51. The van der Waals surface area contributed by atoms with E-state index < -0.39 is 14.1 Å². The fourth-order valence-electron chi connectivity index (χ4n) is 4.99. The molecule has 3 rings (SSSR count). The van der Waals surface area contributed by atoms with E-state index in [4.69, 9.17) is 9.16 Å². The molecule has 1 aliphatic rings. The first-order valence-corrected chi connectivity index (χ1v) is 16.8. The zero-order chi connectivity index (χ0) is 29.0. The minimum Gasteiger partial charge on any atom is -0.469 e. The van der Waals surface area contributed by atoms with Crippen molar-refractivity contribution >= 4 is 25.9 Å². The molecule has 1 saturated carbocycles. The number of anilines is 1. The smallest absolute Gasteiger partial charge is 0.305 e. The number of hydrogen-bond donors (Lipinski definition) is 0. The number of aromatic nitrogens is 2. The number of benzene rings is 1. The summed E-state index contributed by atoms with van der Waals surface area (Å²) in [6, 6.07) is 5.21. The second kappa shape index (κ2) is 12.7. The molecule has 0 atom stereocenters. The van der Waals surface area contributed by atoms with Crippen molar-refractivity contribution in [3.63, 3.8) is 0 Å². The summed E-state index contributed by atoms with van der Waals surface area (Å²) in [4.78, 5) is 35.4. The Labute approximate surface area is 233 Å². The molecule has 1 aliphatic carbocycles. The van der Waals surface area contributed by atoms with Gasteiger partial charge in [0.25, 0.3) is 5.91 Å². The fraction of sp³-hybridized carbons (Fsp3) is 0.600. The molecule has 1 fully saturated rings. The molecule has 0 unspecified atom stereocenters. The van der Waals surface area contributed by atoms with E-state index in [2.05, 4.69) is 43.8 Å². The van der Waals surface area contributed by atoms with E-state index in [1.54, 1.807) is 26.0 Å². The lowest BCUT2D eigenvalue weighted by molar-refractivity contribution is -0.142. The Morgan fingerprint density at radius 2 is 1.69 bits per heavy atom. The molecule has 0 N–H and O–H groups in total. The van der Waals surface area contributed by atoms with E-state index >= 15 is 4.39 Å². The molecule has 1 heterocycles. The molecule has 1 aromatic carbocycles. The van der Waals surface area contributed by atoms with Gasteiger partial charge in [0, 0.05) is 13.0 Å². The molecule has 2 aromatic rings. The molecule has 0 spiro atoms. The number of rotatable bonds is 9. The number of aryl methyl sites for hydroxylation is 2. The fourth-order valence-corrected chi connectivity index (χ4v) is 6.03. The van der Waals surface area contributed by atoms with E-state index in [1.165, 1.54) is 18.3 Å². The number of ether oxygens (including phenoxy) is 1. The zero-order valence-electron chi connectivity index (χ0n) is 24.8. The van der Waals surface area contributed by atoms with E-state index in [0.717, 1.165) is 31.2 Å². The summed E-state index contributed by atoms with van der Waals surface area (Å²) in [6.45, 7) is 14.9. The van der Waals surface area contributed by atoms with Gasteiger partial charge in [-0.1, -0.05) is 26.8 Å². The lowest BCUT2D eigenvalue weighted by Crippen LogP contribution is -2.44. The van der Waals surface area contributed by atoms with Crippen LogP contribution in [0.4, 0.5) is 10.1 Å². The highest BCUT2D eigenvalue weighted by atomic mass is 28.4. The zero-order valence-corrected chi connectivity index (χ0v) is 25.8. The Kier molecular flexibility index (Phi) is 10.0. The number of halogens is 1. The molecule has 0 saturated heterocycles. The average molecular weight is 558 g/mol. The molecule has 214 valence electrons. The van der Waals surface area contributed by atoms with E-state index in [0.29, 0.717) is 35.9 Å². The predicted molar refractivity (Wildman–Crippen MR) is 154 cm³/mol. The quantitative estimate of drug-likeness (QED) is 0.251. The van der Waals surface area contributed by atoms with Gasteiger partial charge in [-0.2, -0.15) is 0 Å². The van der Waals surface area contributed by atoms with E-state index in [-0.39, 0.29) is 35.1 Å². The van der Waals surface area contributed by atoms with Gasteiger partial charge in [0.2, 0.25) is 0 Å². The number of methoxy groups -OCH3 is 1. The van der Waals surface area contributed by atoms with Crippen molar-refractivity contribution < 1.29 is 23.1 Å². The summed E-state index contributed by atoms with van der Waals surface area (Å²) in [5.41, 5.74) is 2.65. The molecule has 0 bridgehead atoms. The average Bonchev–Trinajstić information content (AvgIpc) is 2.86. The molecular formula is C30H44FN3O4Si. The van der Waals surface area contributed by atoms with E-state index in [9.17, 15) is 9.59 Å². The topological polar surface area (TPSA) is 81.6 Å². The summed E-state index contributed by atoms with van der Waals surface area (Å²) in [5, 5.41) is 0.0189. The largest absolute Gasteiger partial charge is 0.469 e. The number of carbonyl (C=O) groups is 2. The number of amides is 1. The van der Waals surface area contributed by atoms with Gasteiger partial charge in [-0.3, -0.25) is 9.59 Å². The molecule has 9 heteroatoms. The van der Waals surface area contributed by atoms with Crippen LogP contribution in [0.2, 0.25) is 18.1 Å². The maximum absolute atomic E-state index is 15.8. The summed E-state index contributed by atoms with van der Waals surface area (Å²) < 4.78 is 26.9. The Morgan fingerprint density at radius 3 is 2.23 bits per heavy atom. The Bertz CT molecular complexity index is 1150. The lowest BCUT2D eigenvalue weighted by Gasteiger charge is -2.37. The van der Waals surface area contributed by atoms with Gasteiger partial charge in [0.1, 0.15) is 12.1 Å². The van der Waals surface area contributed by atoms with Crippen LogP contribution in [0.25, 0.3) is 0 Å². The van der Waals surface area contributed by atoms with Crippen LogP contribution in [-0.2, 0) is 14.0 Å². The van der Waals surface area contributed by atoms with Crippen LogP contribution in [0.3, 0.4) is 0 Å². The van der Waals surface area contributed by atoms with Gasteiger partial charge >= 0.3 is 5.97 Å². The van der Waals surface area contributed by atoms with E-state index in [1.807, 2.05) is 6.07 Å². The number of carbonyl (C=O) groups excluding carboxylic acids is 2. The van der Waals surface area contributed by atoms with Gasteiger partial charge in [-0.15, -0.1) is 0 Å². The van der Waals surface area contributed by atoms with Gasteiger partial charge in [0.05, 0.1) is 36.4 Å². The second-order valence-corrected chi connectivity index (χ2v) is 17.0. The number of hydrogen-bond acceptors (Lipinski definition) is 6. The minimum absolute atomic E-state index is 0.0189. The molecular weight excluding hydrogens is 513 g/mol. The SMILES string of the molecule is COC(=O)CC1CCC(c2ccc(N(CCO[Si](C)(C)C(C)(C)C)C(=O)c3c(C)ncnc3C)c(F)c2)CC1. The Morgan fingerprint density at radius 1 is 1.08 bits per heavy atom. The standard InChI is InChI=1S/C30H44FN3O4Si/c1-20-28(21(2)33-19-32-20)29(36)34(15-16-38-39(7,8)30(3,4)5)26-14-13-24(18-25(26)31)23-11-9-22(10-12-23)17-27(35)37-6/h13-14,18-19,22-23H,9-12,15-17H2,1-8H3. The third-order valence-corrected chi connectivity index (χ3v) is 13.1. The molecule has 7 nitrogen and oxygen atoms in total. The summed E-state index contributed by atoms with van der Waals surface area (Å²) in [7, 11) is -0.642. The summed E-state index contributed by atoms with van der Waals surface area (Å²) >= 11 is 0. The van der Waals surface area contributed by atoms with Crippen LogP contribution in [0.5, 0.6) is 0 Å². The molecule has 1 amide bonds. The van der Waals surface area contributed by atoms with Crippen LogP contribution in [0, 0.1) is 25.6 Å². The molecule has 39 heavy (non-hydrogen) atoms. The van der Waals surface area contributed by atoms with Crippen LogP contribution >= 0.6 is 0 Å². The highest BCUT2D eigenvalue weighted by molar-refractivity contribution is 6.74. The first-order valence-electron chi connectivity index (χ1n) is 13.9. The molecule has 0 aliphatic heterocycles. The second-order valence-electron chi connectivity index (χ2n) is 12.2. The molecule has 1 aromatic heterocycles. The minimum atomic E-state index is -2.06. The van der Waals surface area contributed by atoms with Crippen molar-refractivity contribution in [2.75, 3.05) is 25.2 Å². The van der Waals surface area contributed by atoms with Gasteiger partial charge in [-0.25, -0.2) is 14.4 Å². The third-order valence-electron chi connectivity index (χ3n) is 8.53. The van der Waals surface area contributed by atoms with Crippen molar-refractivity contribution in [2.24, 2.45) is 5.92 Å². The van der Waals surface area contributed by atoms with Crippen LogP contribution in [-0.4, -0.2) is 50.4 Å². The number of esters is 1. The summed E-state index contributed by atoms with van der Waals surface area (Å²) in [6.07, 6.45) is 5.47. The van der Waals surface area contributed by atoms with Gasteiger partial charge < -0.3 is 14.1 Å². The van der Waals surface area contributed by atoms with Crippen molar-refractivity contribution in [3.05, 3.63) is 52.9 Å². The first-order chi connectivity index (χ1) is 18.2. The van der Waals surface area contributed by atoms with Crippen LogP contribution in [0.15, 0.2) is 24.5 Å². The van der Waals surface area contributed by atoms with Gasteiger partial charge in [0.15, 0.2) is 8.32 Å². The molecule has 0 radical (unpaired) electrons. The monoisotopic (exact) mass is 557 g/mol. The van der Waals surface area contributed by atoms with Crippen molar-refractivity contribution in [3.8, 4) is 0 Å². The highest BCUT2D eigenvalue weighted by Crippen LogP contribution is 2.39. The van der Waals surface area contributed by atoms with Gasteiger partial charge in [-0.05, 0) is 87.2 Å². The van der Waals surface area contributed by atoms with Crippen LogP contribution < -0.4 is 4.90 Å². The maximum atomic E-state index is 15.8. The Hall–Kier alpha value is -2.65. The maximum Gasteiger partial charge on any atom is 0.305 e.